The predicted molar refractivity (Wildman–Crippen MR) is 70.6 cm³/mol. The van der Waals surface area contributed by atoms with Crippen molar-refractivity contribution in [1.29, 1.82) is 0 Å². The largest absolute Gasteiger partial charge is 0.353 e. The minimum absolute atomic E-state index is 0.263. The molecule has 2 heteroatoms. The van der Waals surface area contributed by atoms with Crippen LogP contribution in [0.25, 0.3) is 0 Å². The van der Waals surface area contributed by atoms with Gasteiger partial charge in [-0.1, -0.05) is 27.7 Å². The van der Waals surface area contributed by atoms with E-state index in [2.05, 4.69) is 33.0 Å². The average molecular weight is 237 g/mol. The van der Waals surface area contributed by atoms with Gasteiger partial charge in [-0.3, -0.25) is 4.79 Å². The molecule has 0 aromatic rings. The highest BCUT2D eigenvalue weighted by Gasteiger charge is 2.50. The SMILES string of the molecule is CC(C)C1CCC(NC(=O)[C@H]2CC2(C)C)CC1. The molecule has 17 heavy (non-hydrogen) atoms. The Bertz CT molecular complexity index is 287. The molecule has 0 spiro atoms. The minimum Gasteiger partial charge on any atom is -0.353 e. The molecule has 1 atom stereocenters. The van der Waals surface area contributed by atoms with E-state index < -0.39 is 0 Å². The molecule has 1 amide bonds. The minimum atomic E-state index is 0.263. The summed E-state index contributed by atoms with van der Waals surface area (Å²) >= 11 is 0. The van der Waals surface area contributed by atoms with Crippen molar-refractivity contribution in [3.05, 3.63) is 0 Å². The van der Waals surface area contributed by atoms with Crippen LogP contribution in [0.4, 0.5) is 0 Å². The van der Waals surface area contributed by atoms with Gasteiger partial charge < -0.3 is 5.32 Å². The van der Waals surface area contributed by atoms with E-state index in [4.69, 9.17) is 0 Å². The molecule has 0 radical (unpaired) electrons. The lowest BCUT2D eigenvalue weighted by Gasteiger charge is -2.31. The van der Waals surface area contributed by atoms with Gasteiger partial charge in [0, 0.05) is 12.0 Å². The van der Waals surface area contributed by atoms with Crippen molar-refractivity contribution in [2.45, 2.75) is 65.8 Å². The Balaban J connectivity index is 1.73. The maximum absolute atomic E-state index is 12.0. The van der Waals surface area contributed by atoms with E-state index in [1.165, 1.54) is 25.7 Å². The van der Waals surface area contributed by atoms with Crippen molar-refractivity contribution >= 4 is 5.91 Å². The van der Waals surface area contributed by atoms with Crippen LogP contribution < -0.4 is 5.32 Å². The van der Waals surface area contributed by atoms with Crippen LogP contribution >= 0.6 is 0 Å². The van der Waals surface area contributed by atoms with E-state index in [0.29, 0.717) is 11.9 Å². The zero-order chi connectivity index (χ0) is 12.6. The maximum Gasteiger partial charge on any atom is 0.223 e. The Morgan fingerprint density at radius 3 is 2.12 bits per heavy atom. The van der Waals surface area contributed by atoms with Crippen molar-refractivity contribution < 1.29 is 4.79 Å². The molecule has 0 aromatic carbocycles. The second-order valence-corrected chi connectivity index (χ2v) is 7.11. The fourth-order valence-electron chi connectivity index (χ4n) is 3.15. The summed E-state index contributed by atoms with van der Waals surface area (Å²) in [7, 11) is 0. The number of rotatable bonds is 3. The van der Waals surface area contributed by atoms with Gasteiger partial charge in [0.05, 0.1) is 0 Å². The fourth-order valence-corrected chi connectivity index (χ4v) is 3.15. The molecule has 2 saturated carbocycles. The van der Waals surface area contributed by atoms with Crippen LogP contribution in [-0.4, -0.2) is 11.9 Å². The summed E-state index contributed by atoms with van der Waals surface area (Å²) in [5, 5.41) is 3.26. The van der Waals surface area contributed by atoms with Crippen LogP contribution in [0.2, 0.25) is 0 Å². The molecule has 0 saturated heterocycles. The standard InChI is InChI=1S/C15H27NO/c1-10(2)11-5-7-12(8-6-11)16-14(17)13-9-15(13,3)4/h10-13H,5-9H2,1-4H3,(H,16,17)/t11?,12?,13-/m1/s1. The van der Waals surface area contributed by atoms with Crippen LogP contribution in [-0.2, 0) is 4.79 Å². The van der Waals surface area contributed by atoms with Crippen LogP contribution in [0, 0.1) is 23.2 Å². The zero-order valence-electron chi connectivity index (χ0n) is 11.8. The lowest BCUT2D eigenvalue weighted by molar-refractivity contribution is -0.124. The molecule has 2 fully saturated rings. The molecule has 0 aromatic heterocycles. The molecule has 1 N–H and O–H groups in total. The summed E-state index contributed by atoms with van der Waals surface area (Å²) in [5.74, 6) is 2.27. The molecule has 0 heterocycles. The lowest BCUT2D eigenvalue weighted by Crippen LogP contribution is -2.39. The van der Waals surface area contributed by atoms with Gasteiger partial charge in [0.2, 0.25) is 5.91 Å². The highest BCUT2D eigenvalue weighted by molar-refractivity contribution is 5.82. The molecule has 2 rings (SSSR count). The average Bonchev–Trinajstić information content (AvgIpc) is 2.89. The monoisotopic (exact) mass is 237 g/mol. The number of carbonyl (C=O) groups excluding carboxylic acids is 1. The Labute approximate surface area is 106 Å². The van der Waals surface area contributed by atoms with Gasteiger partial charge in [0.1, 0.15) is 0 Å². The third kappa shape index (κ3) is 3.02. The first kappa shape index (κ1) is 12.9. The fraction of sp³-hybridized carbons (Fsp3) is 0.933. The highest BCUT2D eigenvalue weighted by atomic mass is 16.2. The first-order chi connectivity index (χ1) is 7.90. The van der Waals surface area contributed by atoms with E-state index in [9.17, 15) is 4.79 Å². The maximum atomic E-state index is 12.0. The molecule has 2 aliphatic carbocycles. The van der Waals surface area contributed by atoms with E-state index in [1.807, 2.05) is 0 Å². The smallest absolute Gasteiger partial charge is 0.223 e. The van der Waals surface area contributed by atoms with E-state index >= 15 is 0 Å². The second kappa shape index (κ2) is 4.62. The summed E-state index contributed by atoms with van der Waals surface area (Å²) in [5.41, 5.74) is 0.263. The van der Waals surface area contributed by atoms with Gasteiger partial charge in [0.25, 0.3) is 0 Å². The molecular formula is C15H27NO. The van der Waals surface area contributed by atoms with Crippen LogP contribution in [0.15, 0.2) is 0 Å². The Morgan fingerprint density at radius 1 is 1.18 bits per heavy atom. The van der Waals surface area contributed by atoms with Gasteiger partial charge in [-0.15, -0.1) is 0 Å². The topological polar surface area (TPSA) is 29.1 Å². The van der Waals surface area contributed by atoms with Crippen molar-refractivity contribution in [3.63, 3.8) is 0 Å². The van der Waals surface area contributed by atoms with Gasteiger partial charge in [-0.05, 0) is 49.4 Å². The quantitative estimate of drug-likeness (QED) is 0.801. The van der Waals surface area contributed by atoms with Gasteiger partial charge in [0.15, 0.2) is 0 Å². The number of nitrogens with one attached hydrogen (secondary N) is 1. The van der Waals surface area contributed by atoms with E-state index in [0.717, 1.165) is 18.3 Å². The van der Waals surface area contributed by atoms with Crippen molar-refractivity contribution in [1.82, 2.24) is 5.32 Å². The Morgan fingerprint density at radius 2 is 1.71 bits per heavy atom. The summed E-state index contributed by atoms with van der Waals surface area (Å²) in [4.78, 5) is 12.0. The summed E-state index contributed by atoms with van der Waals surface area (Å²) in [6.07, 6.45) is 6.01. The molecule has 0 unspecified atom stereocenters. The van der Waals surface area contributed by atoms with Crippen LogP contribution in [0.5, 0.6) is 0 Å². The van der Waals surface area contributed by atoms with Crippen LogP contribution in [0.3, 0.4) is 0 Å². The molecule has 0 aliphatic heterocycles. The zero-order valence-corrected chi connectivity index (χ0v) is 11.8. The van der Waals surface area contributed by atoms with E-state index in [1.54, 1.807) is 0 Å². The second-order valence-electron chi connectivity index (χ2n) is 7.11. The summed E-state index contributed by atoms with van der Waals surface area (Å²) in [6.45, 7) is 9.01. The third-order valence-corrected chi connectivity index (χ3v) is 4.89. The molecule has 2 nitrogen and oxygen atoms in total. The number of hydrogen-bond donors (Lipinski definition) is 1. The Kier molecular flexibility index (Phi) is 3.51. The normalized spacial score (nSPS) is 35.7. The van der Waals surface area contributed by atoms with Gasteiger partial charge >= 0.3 is 0 Å². The highest BCUT2D eigenvalue weighted by Crippen LogP contribution is 2.51. The van der Waals surface area contributed by atoms with E-state index in [-0.39, 0.29) is 11.3 Å². The third-order valence-electron chi connectivity index (χ3n) is 4.89. The number of carbonyl (C=O) groups is 1. The lowest BCUT2D eigenvalue weighted by atomic mass is 9.79. The predicted octanol–water partition coefficient (Wildman–Crippen LogP) is 3.36. The first-order valence-corrected chi connectivity index (χ1v) is 7.20. The molecular weight excluding hydrogens is 210 g/mol. The van der Waals surface area contributed by atoms with Gasteiger partial charge in [-0.2, -0.15) is 0 Å². The Hall–Kier alpha value is -0.530. The molecule has 98 valence electrons. The summed E-state index contributed by atoms with van der Waals surface area (Å²) in [6, 6.07) is 0.453. The first-order valence-electron chi connectivity index (χ1n) is 7.20. The molecule has 2 aliphatic rings. The van der Waals surface area contributed by atoms with Crippen molar-refractivity contribution in [2.75, 3.05) is 0 Å². The van der Waals surface area contributed by atoms with Crippen molar-refractivity contribution in [3.8, 4) is 0 Å². The van der Waals surface area contributed by atoms with Crippen molar-refractivity contribution in [2.24, 2.45) is 23.2 Å². The van der Waals surface area contributed by atoms with Gasteiger partial charge in [-0.25, -0.2) is 0 Å². The summed E-state index contributed by atoms with van der Waals surface area (Å²) < 4.78 is 0. The number of amides is 1. The molecule has 0 bridgehead atoms. The van der Waals surface area contributed by atoms with Crippen LogP contribution in [0.1, 0.15) is 59.8 Å². The number of hydrogen-bond acceptors (Lipinski definition) is 1.